The largest absolute Gasteiger partial charge is 0.348 e. The van der Waals surface area contributed by atoms with Crippen molar-refractivity contribution in [3.05, 3.63) is 36.2 Å². The molecule has 0 aliphatic carbocycles. The standard InChI is InChI=1S/C14H15FN2O2/c15-19-13(18)7-3-1-2-6-12-9-8-11-5-4-10-16-14(11)17-12/h4-5,8-10H,1-3,6-7H2. The minimum Gasteiger partial charge on any atom is -0.255 e. The van der Waals surface area contributed by atoms with E-state index in [1.54, 1.807) is 6.20 Å². The number of nitrogens with zero attached hydrogens (tertiary/aromatic N) is 2. The van der Waals surface area contributed by atoms with Gasteiger partial charge in [0.05, 0.1) is 0 Å². The molecule has 19 heavy (non-hydrogen) atoms. The number of halogens is 1. The Balaban J connectivity index is 1.80. The number of hydrogen-bond donors (Lipinski definition) is 0. The maximum atomic E-state index is 11.4. The number of pyridine rings is 2. The zero-order valence-corrected chi connectivity index (χ0v) is 10.5. The van der Waals surface area contributed by atoms with Gasteiger partial charge in [0.15, 0.2) is 5.65 Å². The van der Waals surface area contributed by atoms with Gasteiger partial charge in [0.25, 0.3) is 0 Å². The molecule has 0 fully saturated rings. The predicted molar refractivity (Wildman–Crippen MR) is 68.9 cm³/mol. The average molecular weight is 262 g/mol. The van der Waals surface area contributed by atoms with Crippen molar-refractivity contribution in [1.29, 1.82) is 0 Å². The topological polar surface area (TPSA) is 52.1 Å². The third kappa shape index (κ3) is 3.98. The molecule has 0 atom stereocenters. The van der Waals surface area contributed by atoms with Crippen molar-refractivity contribution in [2.45, 2.75) is 32.1 Å². The van der Waals surface area contributed by atoms with Crippen molar-refractivity contribution in [3.63, 3.8) is 0 Å². The van der Waals surface area contributed by atoms with E-state index in [0.717, 1.165) is 36.0 Å². The lowest BCUT2D eigenvalue weighted by Gasteiger charge is -2.02. The quantitative estimate of drug-likeness (QED) is 0.750. The molecular formula is C14H15FN2O2. The van der Waals surface area contributed by atoms with E-state index in [1.165, 1.54) is 0 Å². The Morgan fingerprint density at radius 1 is 1.21 bits per heavy atom. The van der Waals surface area contributed by atoms with Crippen LogP contribution in [0.25, 0.3) is 11.0 Å². The molecule has 2 rings (SSSR count). The van der Waals surface area contributed by atoms with E-state index >= 15 is 0 Å². The highest BCUT2D eigenvalue weighted by atomic mass is 19.3. The van der Waals surface area contributed by atoms with Crippen molar-refractivity contribution in [3.8, 4) is 0 Å². The SMILES string of the molecule is O=C(CCCCCc1ccc2cccnc2n1)OF. The zero-order chi connectivity index (χ0) is 13.5. The van der Waals surface area contributed by atoms with E-state index in [0.29, 0.717) is 6.42 Å². The molecule has 0 N–H and O–H groups in total. The second-order valence-electron chi connectivity index (χ2n) is 4.36. The number of carbonyl (C=O) groups excluding carboxylic acids is 1. The highest BCUT2D eigenvalue weighted by molar-refractivity contribution is 5.74. The van der Waals surface area contributed by atoms with Crippen LogP contribution in [0.1, 0.15) is 31.4 Å². The molecule has 5 heteroatoms. The van der Waals surface area contributed by atoms with E-state index < -0.39 is 5.97 Å². The molecule has 0 aromatic carbocycles. The van der Waals surface area contributed by atoms with Crippen molar-refractivity contribution < 1.29 is 14.3 Å². The van der Waals surface area contributed by atoms with E-state index in [2.05, 4.69) is 14.9 Å². The molecule has 2 aromatic heterocycles. The van der Waals surface area contributed by atoms with E-state index in [4.69, 9.17) is 0 Å². The molecule has 0 spiro atoms. The first-order valence-electron chi connectivity index (χ1n) is 6.31. The van der Waals surface area contributed by atoms with E-state index in [9.17, 15) is 9.32 Å². The van der Waals surface area contributed by atoms with Crippen LogP contribution in [0.2, 0.25) is 0 Å². The predicted octanol–water partition coefficient (Wildman–Crippen LogP) is 3.16. The zero-order valence-electron chi connectivity index (χ0n) is 10.5. The molecule has 0 unspecified atom stereocenters. The number of hydrogen-bond acceptors (Lipinski definition) is 4. The van der Waals surface area contributed by atoms with Crippen molar-refractivity contribution in [2.24, 2.45) is 0 Å². The van der Waals surface area contributed by atoms with Gasteiger partial charge in [-0.25, -0.2) is 14.8 Å². The Kier molecular flexibility index (Phi) is 4.78. The fraction of sp³-hybridized carbons (Fsp3) is 0.357. The second kappa shape index (κ2) is 6.78. The number of carbonyl (C=O) groups is 1. The number of rotatable bonds is 6. The lowest BCUT2D eigenvalue weighted by atomic mass is 10.1. The summed E-state index contributed by atoms with van der Waals surface area (Å²) < 4.78 is 11.4. The van der Waals surface area contributed by atoms with Crippen LogP contribution in [0.4, 0.5) is 4.53 Å². The Hall–Kier alpha value is -2.04. The molecule has 0 aliphatic rings. The van der Waals surface area contributed by atoms with Crippen LogP contribution in [0.3, 0.4) is 0 Å². The summed E-state index contributed by atoms with van der Waals surface area (Å²) in [7, 11) is 0. The highest BCUT2D eigenvalue weighted by Crippen LogP contribution is 2.12. The second-order valence-corrected chi connectivity index (χ2v) is 4.36. The van der Waals surface area contributed by atoms with Crippen LogP contribution < -0.4 is 0 Å². The summed E-state index contributed by atoms with van der Waals surface area (Å²) in [6, 6.07) is 7.85. The van der Waals surface area contributed by atoms with Crippen LogP contribution in [-0.4, -0.2) is 15.9 Å². The van der Waals surface area contributed by atoms with Crippen molar-refractivity contribution in [1.82, 2.24) is 9.97 Å². The Bertz CT molecular complexity index is 560. The molecular weight excluding hydrogens is 247 g/mol. The number of fused-ring (bicyclic) bond motifs is 1. The molecule has 100 valence electrons. The normalized spacial score (nSPS) is 10.6. The number of aromatic nitrogens is 2. The minimum atomic E-state index is -0.798. The van der Waals surface area contributed by atoms with Gasteiger partial charge in [0.1, 0.15) is 0 Å². The molecule has 4 nitrogen and oxygen atoms in total. The Morgan fingerprint density at radius 2 is 2.11 bits per heavy atom. The average Bonchev–Trinajstić information content (AvgIpc) is 2.46. The first-order valence-corrected chi connectivity index (χ1v) is 6.31. The maximum absolute atomic E-state index is 11.4. The maximum Gasteiger partial charge on any atom is 0.348 e. The van der Waals surface area contributed by atoms with Crippen LogP contribution in [-0.2, 0) is 16.2 Å². The first-order chi connectivity index (χ1) is 9.29. The van der Waals surface area contributed by atoms with Crippen LogP contribution >= 0.6 is 0 Å². The molecule has 0 aliphatic heterocycles. The smallest absolute Gasteiger partial charge is 0.255 e. The van der Waals surface area contributed by atoms with E-state index in [-0.39, 0.29) is 6.42 Å². The molecule has 2 aromatic rings. The van der Waals surface area contributed by atoms with Crippen molar-refractivity contribution >= 4 is 17.0 Å². The summed E-state index contributed by atoms with van der Waals surface area (Å²) in [6.45, 7) is 0. The molecule has 0 saturated heterocycles. The lowest BCUT2D eigenvalue weighted by molar-refractivity contribution is -0.183. The van der Waals surface area contributed by atoms with Gasteiger partial charge in [-0.1, -0.05) is 6.42 Å². The van der Waals surface area contributed by atoms with Crippen LogP contribution in [0.5, 0.6) is 0 Å². The summed E-state index contributed by atoms with van der Waals surface area (Å²) in [5.41, 5.74) is 1.74. The van der Waals surface area contributed by atoms with Gasteiger partial charge in [-0.15, -0.1) is 0 Å². The van der Waals surface area contributed by atoms with Gasteiger partial charge in [0, 0.05) is 28.2 Å². The molecule has 0 saturated carbocycles. The molecule has 0 amide bonds. The minimum absolute atomic E-state index is 0.128. The molecule has 0 bridgehead atoms. The Morgan fingerprint density at radius 3 is 2.95 bits per heavy atom. The number of aryl methyl sites for hydroxylation is 1. The first kappa shape index (κ1) is 13.4. The fourth-order valence-corrected chi connectivity index (χ4v) is 1.92. The van der Waals surface area contributed by atoms with Gasteiger partial charge in [0.2, 0.25) is 0 Å². The van der Waals surface area contributed by atoms with Gasteiger partial charge in [-0.3, -0.25) is 4.94 Å². The Labute approximate surface area is 110 Å². The molecule has 2 heterocycles. The highest BCUT2D eigenvalue weighted by Gasteiger charge is 2.03. The van der Waals surface area contributed by atoms with Gasteiger partial charge >= 0.3 is 5.97 Å². The summed E-state index contributed by atoms with van der Waals surface area (Å²) in [4.78, 5) is 22.3. The fourth-order valence-electron chi connectivity index (χ4n) is 1.92. The monoisotopic (exact) mass is 262 g/mol. The number of unbranched alkanes of at least 4 members (excludes halogenated alkanes) is 2. The van der Waals surface area contributed by atoms with E-state index in [1.807, 2.05) is 24.3 Å². The van der Waals surface area contributed by atoms with Crippen LogP contribution in [0.15, 0.2) is 30.5 Å². The van der Waals surface area contributed by atoms with Gasteiger partial charge in [-0.2, -0.15) is 0 Å². The van der Waals surface area contributed by atoms with Gasteiger partial charge in [-0.05, 0) is 43.5 Å². The lowest BCUT2D eigenvalue weighted by Crippen LogP contribution is -1.97. The van der Waals surface area contributed by atoms with Gasteiger partial charge < -0.3 is 0 Å². The summed E-state index contributed by atoms with van der Waals surface area (Å²) >= 11 is 0. The van der Waals surface area contributed by atoms with Crippen molar-refractivity contribution in [2.75, 3.05) is 0 Å². The third-order valence-corrected chi connectivity index (χ3v) is 2.92. The summed E-state index contributed by atoms with van der Waals surface area (Å²) in [6.07, 6.45) is 5.07. The molecule has 0 radical (unpaired) electrons. The summed E-state index contributed by atoms with van der Waals surface area (Å²) in [5, 5.41) is 1.02. The third-order valence-electron chi connectivity index (χ3n) is 2.92. The van der Waals surface area contributed by atoms with Crippen LogP contribution in [0, 0.1) is 0 Å². The summed E-state index contributed by atoms with van der Waals surface area (Å²) in [5.74, 6) is -0.798.